The van der Waals surface area contributed by atoms with Crippen LogP contribution in [0.2, 0.25) is 0 Å². The average Bonchev–Trinajstić information content (AvgIpc) is 2.85. The molecule has 3 aromatic rings. The number of carbonyl (C=O) groups is 1. The Morgan fingerprint density at radius 1 is 1.25 bits per heavy atom. The van der Waals surface area contributed by atoms with Crippen LogP contribution in [0.15, 0.2) is 47.3 Å². The summed E-state index contributed by atoms with van der Waals surface area (Å²) in [7, 11) is 0. The number of carbonyl (C=O) groups excluding carboxylic acids is 1. The average molecular weight is 329 g/mol. The Balaban J connectivity index is 1.89. The van der Waals surface area contributed by atoms with Crippen LogP contribution in [0, 0.1) is 5.82 Å². The number of ether oxygens (including phenoxy) is 1. The molecule has 1 amide bonds. The van der Waals surface area contributed by atoms with Gasteiger partial charge in [0.2, 0.25) is 0 Å². The zero-order valence-corrected chi connectivity index (χ0v) is 13.0. The standard InChI is InChI=1S/C17H16FN3O3/c1-2-24-17(23)19-13-7-8-15-14(9-13)16(22)20-21(15)10-11-3-5-12(18)6-4-11/h3-9H,2,10H2,1H3,(H,19,23)(H,20,22). The van der Waals surface area contributed by atoms with Crippen LogP contribution < -0.4 is 10.9 Å². The van der Waals surface area contributed by atoms with Gasteiger partial charge in [-0.2, -0.15) is 0 Å². The van der Waals surface area contributed by atoms with E-state index >= 15 is 0 Å². The number of fused-ring (bicyclic) bond motifs is 1. The number of halogens is 1. The van der Waals surface area contributed by atoms with Crippen LogP contribution in [0.3, 0.4) is 0 Å². The summed E-state index contributed by atoms with van der Waals surface area (Å²) in [5.74, 6) is -0.306. The Morgan fingerprint density at radius 3 is 2.71 bits per heavy atom. The van der Waals surface area contributed by atoms with Crippen LogP contribution in [0.4, 0.5) is 14.9 Å². The van der Waals surface area contributed by atoms with E-state index in [2.05, 4.69) is 10.4 Å². The number of aromatic amines is 1. The van der Waals surface area contributed by atoms with E-state index in [1.807, 2.05) is 0 Å². The van der Waals surface area contributed by atoms with Gasteiger partial charge in [0.25, 0.3) is 5.56 Å². The van der Waals surface area contributed by atoms with Gasteiger partial charge >= 0.3 is 6.09 Å². The van der Waals surface area contributed by atoms with Crippen molar-refractivity contribution in [2.75, 3.05) is 11.9 Å². The maximum Gasteiger partial charge on any atom is 0.411 e. The highest BCUT2D eigenvalue weighted by Gasteiger charge is 2.10. The highest BCUT2D eigenvalue weighted by molar-refractivity contribution is 5.89. The summed E-state index contributed by atoms with van der Waals surface area (Å²) in [6, 6.07) is 11.1. The van der Waals surface area contributed by atoms with Crippen molar-refractivity contribution in [2.45, 2.75) is 13.5 Å². The fourth-order valence-electron chi connectivity index (χ4n) is 2.46. The number of H-pyrrole nitrogens is 1. The van der Waals surface area contributed by atoms with Crippen LogP contribution in [0.25, 0.3) is 10.9 Å². The monoisotopic (exact) mass is 329 g/mol. The van der Waals surface area contributed by atoms with E-state index in [0.717, 1.165) is 5.56 Å². The predicted molar refractivity (Wildman–Crippen MR) is 88.7 cm³/mol. The molecule has 0 atom stereocenters. The van der Waals surface area contributed by atoms with Crippen molar-refractivity contribution in [3.05, 3.63) is 64.2 Å². The van der Waals surface area contributed by atoms with E-state index in [4.69, 9.17) is 4.74 Å². The molecule has 3 rings (SSSR count). The second kappa shape index (κ2) is 6.57. The Hall–Kier alpha value is -3.09. The number of hydrogen-bond donors (Lipinski definition) is 2. The summed E-state index contributed by atoms with van der Waals surface area (Å²) in [5, 5.41) is 5.76. The van der Waals surface area contributed by atoms with Gasteiger partial charge in [-0.25, -0.2) is 9.18 Å². The van der Waals surface area contributed by atoms with Gasteiger partial charge in [0.1, 0.15) is 5.82 Å². The number of aromatic nitrogens is 2. The van der Waals surface area contributed by atoms with Gasteiger partial charge in [-0.1, -0.05) is 12.1 Å². The first-order chi connectivity index (χ1) is 11.6. The van der Waals surface area contributed by atoms with Gasteiger partial charge in [0.15, 0.2) is 0 Å². The van der Waals surface area contributed by atoms with Crippen LogP contribution in [0.5, 0.6) is 0 Å². The minimum atomic E-state index is -0.570. The molecule has 7 heteroatoms. The molecular formula is C17H16FN3O3. The minimum Gasteiger partial charge on any atom is -0.450 e. The SMILES string of the molecule is CCOC(=O)Nc1ccc2c(c1)c(=O)[nH]n2Cc1ccc(F)cc1. The molecule has 0 radical (unpaired) electrons. The normalized spacial score (nSPS) is 10.8. The van der Waals surface area contributed by atoms with Gasteiger partial charge in [-0.05, 0) is 42.8 Å². The molecule has 2 N–H and O–H groups in total. The highest BCUT2D eigenvalue weighted by Crippen LogP contribution is 2.17. The number of rotatable bonds is 4. The Kier molecular flexibility index (Phi) is 4.33. The molecule has 0 aliphatic heterocycles. The third-order valence-electron chi connectivity index (χ3n) is 3.54. The molecule has 0 aliphatic carbocycles. The lowest BCUT2D eigenvalue weighted by molar-refractivity contribution is 0.168. The van der Waals surface area contributed by atoms with E-state index in [1.165, 1.54) is 12.1 Å². The first-order valence-electron chi connectivity index (χ1n) is 7.47. The van der Waals surface area contributed by atoms with Gasteiger partial charge in [0.05, 0.1) is 24.1 Å². The lowest BCUT2D eigenvalue weighted by atomic mass is 10.2. The summed E-state index contributed by atoms with van der Waals surface area (Å²) in [6.45, 7) is 2.38. The molecular weight excluding hydrogens is 313 g/mol. The molecule has 0 fully saturated rings. The molecule has 0 saturated heterocycles. The molecule has 0 bridgehead atoms. The second-order valence-electron chi connectivity index (χ2n) is 5.23. The van der Waals surface area contributed by atoms with Crippen molar-refractivity contribution in [3.63, 3.8) is 0 Å². The number of amides is 1. The first-order valence-corrected chi connectivity index (χ1v) is 7.47. The molecule has 1 aromatic heterocycles. The Morgan fingerprint density at radius 2 is 2.00 bits per heavy atom. The van der Waals surface area contributed by atoms with Crippen LogP contribution in [-0.4, -0.2) is 22.5 Å². The van der Waals surface area contributed by atoms with Crippen molar-refractivity contribution in [3.8, 4) is 0 Å². The molecule has 24 heavy (non-hydrogen) atoms. The number of hydrogen-bond acceptors (Lipinski definition) is 3. The molecule has 124 valence electrons. The van der Waals surface area contributed by atoms with E-state index in [-0.39, 0.29) is 18.0 Å². The fourth-order valence-corrected chi connectivity index (χ4v) is 2.46. The van der Waals surface area contributed by atoms with Crippen molar-refractivity contribution < 1.29 is 13.9 Å². The Bertz CT molecular complexity index is 928. The Labute approximate surface area is 136 Å². The van der Waals surface area contributed by atoms with Gasteiger partial charge < -0.3 is 4.74 Å². The minimum absolute atomic E-state index is 0.264. The summed E-state index contributed by atoms with van der Waals surface area (Å²) in [4.78, 5) is 23.6. The zero-order chi connectivity index (χ0) is 17.1. The third-order valence-corrected chi connectivity index (χ3v) is 3.54. The first kappa shape index (κ1) is 15.8. The summed E-state index contributed by atoms with van der Waals surface area (Å²) in [6.07, 6.45) is -0.570. The van der Waals surface area contributed by atoms with Crippen LogP contribution in [-0.2, 0) is 11.3 Å². The van der Waals surface area contributed by atoms with Crippen LogP contribution in [0.1, 0.15) is 12.5 Å². The largest absolute Gasteiger partial charge is 0.450 e. The van der Waals surface area contributed by atoms with Crippen LogP contribution >= 0.6 is 0 Å². The van der Waals surface area contributed by atoms with Crippen molar-refractivity contribution >= 4 is 22.7 Å². The highest BCUT2D eigenvalue weighted by atomic mass is 19.1. The van der Waals surface area contributed by atoms with Gasteiger partial charge in [0, 0.05) is 5.69 Å². The smallest absolute Gasteiger partial charge is 0.411 e. The maximum absolute atomic E-state index is 13.0. The topological polar surface area (TPSA) is 76.1 Å². The molecule has 0 saturated carbocycles. The molecule has 0 aliphatic rings. The van der Waals surface area contributed by atoms with Crippen molar-refractivity contribution in [1.29, 1.82) is 0 Å². The second-order valence-corrected chi connectivity index (χ2v) is 5.23. The van der Waals surface area contributed by atoms with E-state index in [0.29, 0.717) is 23.1 Å². The maximum atomic E-state index is 13.0. The van der Waals surface area contributed by atoms with E-state index < -0.39 is 6.09 Å². The number of nitrogens with zero attached hydrogens (tertiary/aromatic N) is 1. The zero-order valence-electron chi connectivity index (χ0n) is 13.0. The quantitative estimate of drug-likeness (QED) is 0.772. The molecule has 0 spiro atoms. The predicted octanol–water partition coefficient (Wildman–Crippen LogP) is 3.09. The summed E-state index contributed by atoms with van der Waals surface area (Å²) >= 11 is 0. The summed E-state index contributed by atoms with van der Waals surface area (Å²) in [5.41, 5.74) is 1.77. The van der Waals surface area contributed by atoms with Gasteiger partial charge in [-0.15, -0.1) is 0 Å². The van der Waals surface area contributed by atoms with Crippen molar-refractivity contribution in [1.82, 2.24) is 9.78 Å². The number of nitrogens with one attached hydrogen (secondary N) is 2. The third kappa shape index (κ3) is 3.29. The van der Waals surface area contributed by atoms with Gasteiger partial charge in [-0.3, -0.25) is 19.9 Å². The molecule has 6 nitrogen and oxygen atoms in total. The lowest BCUT2D eigenvalue weighted by Crippen LogP contribution is -2.13. The molecule has 0 unspecified atom stereocenters. The molecule has 1 heterocycles. The number of benzene rings is 2. The fraction of sp³-hybridized carbons (Fsp3) is 0.176. The molecule has 2 aromatic carbocycles. The van der Waals surface area contributed by atoms with E-state index in [1.54, 1.807) is 41.9 Å². The van der Waals surface area contributed by atoms with E-state index in [9.17, 15) is 14.0 Å². The number of anilines is 1. The lowest BCUT2D eigenvalue weighted by Gasteiger charge is -2.07. The summed E-state index contributed by atoms with van der Waals surface area (Å²) < 4.78 is 19.5. The van der Waals surface area contributed by atoms with Crippen molar-refractivity contribution in [2.24, 2.45) is 0 Å².